The molecule has 28 heavy (non-hydrogen) atoms. The normalized spacial score (nSPS) is 11.8. The lowest BCUT2D eigenvalue weighted by Gasteiger charge is -2.28. The van der Waals surface area contributed by atoms with Crippen LogP contribution in [0.15, 0.2) is 60.0 Å². The largest absolute Gasteiger partial charge is 0.486 e. The first-order valence-corrected chi connectivity index (χ1v) is 10.5. The van der Waals surface area contributed by atoms with Gasteiger partial charge in [0.1, 0.15) is 17.4 Å². The van der Waals surface area contributed by atoms with Crippen LogP contribution in [0.2, 0.25) is 5.02 Å². The number of amides is 1. The van der Waals surface area contributed by atoms with Gasteiger partial charge in [0.15, 0.2) is 0 Å². The van der Waals surface area contributed by atoms with Crippen molar-refractivity contribution in [1.82, 2.24) is 9.88 Å². The van der Waals surface area contributed by atoms with Crippen molar-refractivity contribution in [3.8, 4) is 5.75 Å². The molecule has 0 N–H and O–H groups in total. The fourth-order valence-electron chi connectivity index (χ4n) is 2.73. The van der Waals surface area contributed by atoms with Gasteiger partial charge in [0, 0.05) is 22.0 Å². The summed E-state index contributed by atoms with van der Waals surface area (Å²) in [4.78, 5) is 19.5. The van der Waals surface area contributed by atoms with E-state index in [-0.39, 0.29) is 11.9 Å². The SMILES string of the molecule is CC[C@H](C)N(Cc1csc(COc2ccc(Cl)cc2)n1)C(=O)c1ccccc1. The van der Waals surface area contributed by atoms with Crippen LogP contribution in [0.25, 0.3) is 0 Å². The molecule has 0 fully saturated rings. The zero-order valence-electron chi connectivity index (χ0n) is 16.0. The van der Waals surface area contributed by atoms with Crippen LogP contribution < -0.4 is 4.74 Å². The number of thiazole rings is 1. The standard InChI is InChI=1S/C22H23ClN2O2S/c1-3-16(2)25(22(26)17-7-5-4-6-8-17)13-19-15-28-21(24-19)14-27-20-11-9-18(23)10-12-20/h4-12,15-16H,3,13-14H2,1-2H3/t16-/m0/s1. The maximum absolute atomic E-state index is 13.0. The van der Waals surface area contributed by atoms with Crippen molar-refractivity contribution in [3.05, 3.63) is 81.3 Å². The highest BCUT2D eigenvalue weighted by Crippen LogP contribution is 2.20. The third kappa shape index (κ3) is 5.33. The van der Waals surface area contributed by atoms with Crippen LogP contribution >= 0.6 is 22.9 Å². The van der Waals surface area contributed by atoms with Gasteiger partial charge < -0.3 is 9.64 Å². The lowest BCUT2D eigenvalue weighted by atomic mass is 10.1. The van der Waals surface area contributed by atoms with Crippen molar-refractivity contribution in [2.45, 2.75) is 39.5 Å². The summed E-state index contributed by atoms with van der Waals surface area (Å²) >= 11 is 7.43. The maximum Gasteiger partial charge on any atom is 0.254 e. The number of carbonyl (C=O) groups excluding carboxylic acids is 1. The van der Waals surface area contributed by atoms with Crippen LogP contribution in [-0.4, -0.2) is 21.8 Å². The molecule has 3 rings (SSSR count). The first-order chi connectivity index (χ1) is 13.6. The number of carbonyl (C=O) groups is 1. The Hall–Kier alpha value is -2.37. The summed E-state index contributed by atoms with van der Waals surface area (Å²) in [5.74, 6) is 0.781. The number of aromatic nitrogens is 1. The highest BCUT2D eigenvalue weighted by Gasteiger charge is 2.21. The average molecular weight is 415 g/mol. The molecule has 0 aliphatic carbocycles. The molecule has 0 radical (unpaired) electrons. The molecule has 146 valence electrons. The van der Waals surface area contributed by atoms with E-state index in [9.17, 15) is 4.79 Å². The second-order valence-corrected chi connectivity index (χ2v) is 7.91. The smallest absolute Gasteiger partial charge is 0.254 e. The number of hydrogen-bond donors (Lipinski definition) is 0. The van der Waals surface area contributed by atoms with Crippen LogP contribution in [-0.2, 0) is 13.2 Å². The topological polar surface area (TPSA) is 42.4 Å². The summed E-state index contributed by atoms with van der Waals surface area (Å²) in [5, 5.41) is 3.55. The van der Waals surface area contributed by atoms with E-state index in [0.717, 1.165) is 22.9 Å². The van der Waals surface area contributed by atoms with Gasteiger partial charge in [-0.2, -0.15) is 0 Å². The quantitative estimate of drug-likeness (QED) is 0.466. The van der Waals surface area contributed by atoms with Crippen molar-refractivity contribution in [2.24, 2.45) is 0 Å². The molecule has 1 atom stereocenters. The van der Waals surface area contributed by atoms with Crippen LogP contribution in [0.4, 0.5) is 0 Å². The lowest BCUT2D eigenvalue weighted by Crippen LogP contribution is -2.37. The molecule has 2 aromatic carbocycles. The Kier molecular flexibility index (Phi) is 7.06. The number of benzene rings is 2. The van der Waals surface area contributed by atoms with Gasteiger partial charge in [-0.1, -0.05) is 36.7 Å². The fourth-order valence-corrected chi connectivity index (χ4v) is 3.56. The first-order valence-electron chi connectivity index (χ1n) is 9.24. The van der Waals surface area contributed by atoms with Crippen LogP contribution in [0.3, 0.4) is 0 Å². The summed E-state index contributed by atoms with van der Waals surface area (Å²) in [5.41, 5.74) is 1.58. The van der Waals surface area contributed by atoms with E-state index in [1.807, 2.05) is 52.7 Å². The van der Waals surface area contributed by atoms with Crippen molar-refractivity contribution < 1.29 is 9.53 Å². The second-order valence-electron chi connectivity index (χ2n) is 6.53. The van der Waals surface area contributed by atoms with E-state index >= 15 is 0 Å². The van der Waals surface area contributed by atoms with Gasteiger partial charge in [0.25, 0.3) is 5.91 Å². The zero-order valence-corrected chi connectivity index (χ0v) is 17.5. The monoisotopic (exact) mass is 414 g/mol. The summed E-state index contributed by atoms with van der Waals surface area (Å²) in [6.07, 6.45) is 0.884. The second kappa shape index (κ2) is 9.71. The Morgan fingerprint density at radius 1 is 1.18 bits per heavy atom. The highest BCUT2D eigenvalue weighted by atomic mass is 35.5. The number of ether oxygens (including phenoxy) is 1. The zero-order chi connectivity index (χ0) is 19.9. The lowest BCUT2D eigenvalue weighted by molar-refractivity contribution is 0.0669. The minimum Gasteiger partial charge on any atom is -0.486 e. The Morgan fingerprint density at radius 3 is 2.57 bits per heavy atom. The minimum atomic E-state index is 0.0296. The third-order valence-corrected chi connectivity index (χ3v) is 5.64. The van der Waals surface area contributed by atoms with Gasteiger partial charge in [-0.3, -0.25) is 4.79 Å². The fraction of sp³-hybridized carbons (Fsp3) is 0.273. The molecule has 0 aliphatic rings. The third-order valence-electron chi connectivity index (χ3n) is 4.51. The summed E-state index contributed by atoms with van der Waals surface area (Å²) in [6, 6.07) is 16.8. The number of hydrogen-bond acceptors (Lipinski definition) is 4. The molecule has 0 bridgehead atoms. The molecule has 1 amide bonds. The first kappa shape index (κ1) is 20.4. The van der Waals surface area contributed by atoms with Gasteiger partial charge in [0.2, 0.25) is 0 Å². The van der Waals surface area contributed by atoms with Crippen molar-refractivity contribution in [1.29, 1.82) is 0 Å². The van der Waals surface area contributed by atoms with Gasteiger partial charge in [-0.15, -0.1) is 11.3 Å². The van der Waals surface area contributed by atoms with Gasteiger partial charge in [-0.25, -0.2) is 4.98 Å². The van der Waals surface area contributed by atoms with E-state index in [2.05, 4.69) is 18.8 Å². The number of halogens is 1. The van der Waals surface area contributed by atoms with Gasteiger partial charge in [0.05, 0.1) is 12.2 Å². The molecule has 0 saturated heterocycles. The van der Waals surface area contributed by atoms with Crippen LogP contribution in [0.1, 0.15) is 41.3 Å². The van der Waals surface area contributed by atoms with Crippen LogP contribution in [0.5, 0.6) is 5.75 Å². The summed E-state index contributed by atoms with van der Waals surface area (Å²) in [6.45, 7) is 5.03. The van der Waals surface area contributed by atoms with E-state index in [1.165, 1.54) is 0 Å². The molecule has 0 saturated carbocycles. The number of rotatable bonds is 8. The molecule has 0 unspecified atom stereocenters. The molecule has 6 heteroatoms. The Balaban J connectivity index is 1.66. The molecule has 4 nitrogen and oxygen atoms in total. The Bertz CT molecular complexity index is 896. The van der Waals surface area contributed by atoms with Crippen LogP contribution in [0, 0.1) is 0 Å². The number of nitrogens with zero attached hydrogens (tertiary/aromatic N) is 2. The van der Waals surface area contributed by atoms with E-state index < -0.39 is 0 Å². The molecular weight excluding hydrogens is 392 g/mol. The molecule has 1 heterocycles. The van der Waals surface area contributed by atoms with E-state index in [4.69, 9.17) is 16.3 Å². The van der Waals surface area contributed by atoms with Gasteiger partial charge in [-0.05, 0) is 49.7 Å². The van der Waals surface area contributed by atoms with Crippen molar-refractivity contribution in [2.75, 3.05) is 0 Å². The Labute approximate surface area is 174 Å². The molecule has 0 aliphatic heterocycles. The predicted octanol–water partition coefficient (Wildman–Crippen LogP) is 5.82. The van der Waals surface area contributed by atoms with Crippen molar-refractivity contribution in [3.63, 3.8) is 0 Å². The summed E-state index contributed by atoms with van der Waals surface area (Å²) < 4.78 is 5.76. The predicted molar refractivity (Wildman–Crippen MR) is 114 cm³/mol. The molecular formula is C22H23ClN2O2S. The van der Waals surface area contributed by atoms with E-state index in [1.54, 1.807) is 23.5 Å². The maximum atomic E-state index is 13.0. The summed E-state index contributed by atoms with van der Waals surface area (Å²) in [7, 11) is 0. The Morgan fingerprint density at radius 2 is 1.89 bits per heavy atom. The van der Waals surface area contributed by atoms with E-state index in [0.29, 0.717) is 23.7 Å². The molecule has 0 spiro atoms. The highest BCUT2D eigenvalue weighted by molar-refractivity contribution is 7.09. The molecule has 3 aromatic rings. The average Bonchev–Trinajstić information content (AvgIpc) is 3.19. The van der Waals surface area contributed by atoms with Crippen molar-refractivity contribution >= 4 is 28.8 Å². The minimum absolute atomic E-state index is 0.0296. The van der Waals surface area contributed by atoms with Gasteiger partial charge >= 0.3 is 0 Å². The molecule has 1 aromatic heterocycles.